The van der Waals surface area contributed by atoms with Crippen LogP contribution in [0, 0.1) is 11.3 Å². The molecule has 1 aromatic carbocycles. The van der Waals surface area contributed by atoms with Crippen LogP contribution in [0.2, 0.25) is 0 Å². The molecule has 5 rings (SSSR count). The van der Waals surface area contributed by atoms with Gasteiger partial charge in [-0.25, -0.2) is 4.98 Å². The van der Waals surface area contributed by atoms with Crippen LogP contribution in [0.1, 0.15) is 90.4 Å². The SMILES string of the molecule is CCC(=O)CCCCC[C@H](NC(=O)[C@H]1CC12CCN(CC)CC2)c1ncc(-c2cc3ccn(CC)c(=O)c3cc2OC)[nH]1. The van der Waals surface area contributed by atoms with E-state index in [1.807, 2.05) is 32.2 Å². The number of fused-ring (bicyclic) bond motifs is 1. The van der Waals surface area contributed by atoms with Crippen LogP contribution in [0.15, 0.2) is 35.4 Å². The third kappa shape index (κ3) is 6.71. The lowest BCUT2D eigenvalue weighted by atomic mass is 9.90. The maximum absolute atomic E-state index is 13.6. The number of piperidine rings is 1. The minimum absolute atomic E-state index is 0.0446. The number of nitrogens with zero attached hydrogens (tertiary/aromatic N) is 3. The van der Waals surface area contributed by atoms with Crippen molar-refractivity contribution >= 4 is 22.5 Å². The third-order valence-electron chi connectivity index (χ3n) is 9.82. The molecule has 0 unspecified atom stereocenters. The predicted molar refractivity (Wildman–Crippen MR) is 169 cm³/mol. The summed E-state index contributed by atoms with van der Waals surface area (Å²) in [6.07, 6.45) is 11.4. The van der Waals surface area contributed by atoms with E-state index >= 15 is 0 Å². The number of methoxy groups -OCH3 is 1. The molecule has 1 aliphatic carbocycles. The lowest BCUT2D eigenvalue weighted by Crippen LogP contribution is -2.37. The van der Waals surface area contributed by atoms with E-state index in [1.54, 1.807) is 23.9 Å². The zero-order valence-corrected chi connectivity index (χ0v) is 26.2. The topological polar surface area (TPSA) is 109 Å². The van der Waals surface area contributed by atoms with Gasteiger partial charge in [0.25, 0.3) is 5.56 Å². The molecule has 1 saturated carbocycles. The number of carbonyl (C=O) groups excluding carboxylic acids is 2. The molecule has 43 heavy (non-hydrogen) atoms. The normalized spacial score (nSPS) is 18.6. The first-order valence-corrected chi connectivity index (χ1v) is 16.1. The number of unbranched alkanes of at least 4 members (excludes halogenated alkanes) is 2. The summed E-state index contributed by atoms with van der Waals surface area (Å²) in [6, 6.07) is 5.46. The van der Waals surface area contributed by atoms with Gasteiger partial charge < -0.3 is 24.5 Å². The molecule has 2 aromatic heterocycles. The molecule has 1 aliphatic heterocycles. The summed E-state index contributed by atoms with van der Waals surface area (Å²) in [4.78, 5) is 48.9. The van der Waals surface area contributed by atoms with Crippen molar-refractivity contribution in [3.8, 4) is 17.0 Å². The van der Waals surface area contributed by atoms with Gasteiger partial charge in [-0.1, -0.05) is 26.7 Å². The van der Waals surface area contributed by atoms with Gasteiger partial charge in [-0.2, -0.15) is 0 Å². The number of nitrogens with one attached hydrogen (secondary N) is 2. The highest BCUT2D eigenvalue weighted by Crippen LogP contribution is 2.59. The van der Waals surface area contributed by atoms with Gasteiger partial charge in [0.1, 0.15) is 17.4 Å². The molecule has 3 heterocycles. The number of likely N-dealkylation sites (tertiary alicyclic amines) is 1. The van der Waals surface area contributed by atoms with Gasteiger partial charge in [0.05, 0.1) is 30.4 Å². The maximum atomic E-state index is 13.6. The van der Waals surface area contributed by atoms with Crippen LogP contribution in [-0.2, 0) is 16.1 Å². The van der Waals surface area contributed by atoms with Gasteiger partial charge in [0, 0.05) is 37.1 Å². The fourth-order valence-electron chi connectivity index (χ4n) is 6.75. The molecule has 1 saturated heterocycles. The molecule has 2 N–H and O–H groups in total. The molecule has 0 bridgehead atoms. The number of ether oxygens (including phenoxy) is 1. The fraction of sp³-hybridized carbons (Fsp3) is 0.588. The summed E-state index contributed by atoms with van der Waals surface area (Å²) >= 11 is 0. The molecule has 9 heteroatoms. The second-order valence-electron chi connectivity index (χ2n) is 12.3. The van der Waals surface area contributed by atoms with Gasteiger partial charge in [0.15, 0.2) is 0 Å². The number of imidazole rings is 1. The Balaban J connectivity index is 1.35. The number of hydrogen-bond donors (Lipinski definition) is 2. The number of hydrogen-bond acceptors (Lipinski definition) is 6. The van der Waals surface area contributed by atoms with Crippen LogP contribution in [0.4, 0.5) is 0 Å². The number of amides is 1. The van der Waals surface area contributed by atoms with Crippen LogP contribution in [0.25, 0.3) is 22.0 Å². The number of Topliss-reactive ketones (excluding diaryl/α,β-unsaturated/α-hetero) is 1. The van der Waals surface area contributed by atoms with E-state index in [0.717, 1.165) is 81.2 Å². The van der Waals surface area contributed by atoms with Crippen molar-refractivity contribution in [2.75, 3.05) is 26.7 Å². The first-order valence-electron chi connectivity index (χ1n) is 16.1. The Kier molecular flexibility index (Phi) is 9.69. The van der Waals surface area contributed by atoms with Crippen LogP contribution in [0.5, 0.6) is 5.75 Å². The monoisotopic (exact) mass is 589 g/mol. The number of rotatable bonds is 14. The summed E-state index contributed by atoms with van der Waals surface area (Å²) in [6.45, 7) is 9.87. The number of H-pyrrole nitrogens is 1. The smallest absolute Gasteiger partial charge is 0.258 e. The number of ketones is 1. The first kappa shape index (κ1) is 31.0. The highest BCUT2D eigenvalue weighted by molar-refractivity contribution is 5.89. The Morgan fingerprint density at radius 2 is 1.93 bits per heavy atom. The largest absolute Gasteiger partial charge is 0.496 e. The highest BCUT2D eigenvalue weighted by Gasteiger charge is 2.58. The van der Waals surface area contributed by atoms with Crippen molar-refractivity contribution in [1.82, 2.24) is 24.8 Å². The highest BCUT2D eigenvalue weighted by atomic mass is 16.5. The van der Waals surface area contributed by atoms with Crippen molar-refractivity contribution < 1.29 is 14.3 Å². The summed E-state index contributed by atoms with van der Waals surface area (Å²) in [5.74, 6) is 1.80. The lowest BCUT2D eigenvalue weighted by molar-refractivity contribution is -0.124. The zero-order chi connectivity index (χ0) is 30.6. The molecule has 0 radical (unpaired) electrons. The van der Waals surface area contributed by atoms with Crippen LogP contribution >= 0.6 is 0 Å². The minimum Gasteiger partial charge on any atom is -0.496 e. The molecular formula is C34H47N5O4. The molecule has 9 nitrogen and oxygen atoms in total. The predicted octanol–water partition coefficient (Wildman–Crippen LogP) is 5.63. The van der Waals surface area contributed by atoms with E-state index in [1.165, 1.54) is 0 Å². The Bertz CT molecular complexity index is 1500. The molecule has 2 aliphatic rings. The summed E-state index contributed by atoms with van der Waals surface area (Å²) < 4.78 is 7.39. The Morgan fingerprint density at radius 3 is 2.63 bits per heavy atom. The van der Waals surface area contributed by atoms with Gasteiger partial charge in [-0.05, 0) is 87.7 Å². The summed E-state index contributed by atoms with van der Waals surface area (Å²) in [5, 5.41) is 4.80. The van der Waals surface area contributed by atoms with E-state index in [-0.39, 0.29) is 28.8 Å². The van der Waals surface area contributed by atoms with E-state index in [9.17, 15) is 14.4 Å². The lowest BCUT2D eigenvalue weighted by Gasteiger charge is -2.32. The van der Waals surface area contributed by atoms with Crippen molar-refractivity contribution in [2.45, 2.75) is 91.1 Å². The maximum Gasteiger partial charge on any atom is 0.258 e. The number of carbonyl (C=O) groups is 2. The zero-order valence-electron chi connectivity index (χ0n) is 26.2. The molecule has 2 atom stereocenters. The number of benzene rings is 1. The van der Waals surface area contributed by atoms with E-state index in [0.29, 0.717) is 42.1 Å². The summed E-state index contributed by atoms with van der Waals surface area (Å²) in [5.41, 5.74) is 1.70. The van der Waals surface area contributed by atoms with Gasteiger partial charge in [-0.3, -0.25) is 14.4 Å². The first-order chi connectivity index (χ1) is 20.8. The van der Waals surface area contributed by atoms with Crippen molar-refractivity contribution in [3.05, 3.63) is 46.8 Å². The molecule has 2 fully saturated rings. The number of aromatic amines is 1. The third-order valence-corrected chi connectivity index (χ3v) is 9.82. The molecule has 1 amide bonds. The number of pyridine rings is 1. The van der Waals surface area contributed by atoms with E-state index in [2.05, 4.69) is 22.1 Å². The molecular weight excluding hydrogens is 542 g/mol. The van der Waals surface area contributed by atoms with Crippen molar-refractivity contribution in [1.29, 1.82) is 0 Å². The number of aryl methyl sites for hydroxylation is 1. The molecule has 3 aromatic rings. The second-order valence-corrected chi connectivity index (χ2v) is 12.3. The van der Waals surface area contributed by atoms with E-state index in [4.69, 9.17) is 9.72 Å². The Labute approximate surface area is 254 Å². The quantitative estimate of drug-likeness (QED) is 0.236. The van der Waals surface area contributed by atoms with Crippen LogP contribution in [0.3, 0.4) is 0 Å². The standard InChI is InChI=1S/C34H47N5O4/c1-5-24(40)11-9-8-10-12-28(37-32(41)27-21-34(27)14-17-38(6-2)18-15-34)31-35-22-29(36-31)26-19-23-13-16-39(7-3)33(42)25(23)20-30(26)43-4/h13,16,19-20,22,27-28H,5-12,14-15,17-18,21H2,1-4H3,(H,35,36)(H,37,41)/t27-,28+/m1/s1. The average molecular weight is 590 g/mol. The second kappa shape index (κ2) is 13.5. The van der Waals surface area contributed by atoms with Crippen molar-refractivity contribution in [2.24, 2.45) is 11.3 Å². The molecule has 232 valence electrons. The van der Waals surface area contributed by atoms with Gasteiger partial charge in [0.2, 0.25) is 5.91 Å². The van der Waals surface area contributed by atoms with Gasteiger partial charge >= 0.3 is 0 Å². The molecule has 1 spiro atoms. The fourth-order valence-corrected chi connectivity index (χ4v) is 6.75. The Morgan fingerprint density at radius 1 is 1.14 bits per heavy atom. The number of aromatic nitrogens is 3. The van der Waals surface area contributed by atoms with Crippen molar-refractivity contribution in [3.63, 3.8) is 0 Å². The van der Waals surface area contributed by atoms with Gasteiger partial charge in [-0.15, -0.1) is 0 Å². The summed E-state index contributed by atoms with van der Waals surface area (Å²) in [7, 11) is 1.60. The van der Waals surface area contributed by atoms with E-state index < -0.39 is 0 Å². The average Bonchev–Trinajstić information content (AvgIpc) is 3.50. The van der Waals surface area contributed by atoms with Crippen LogP contribution in [-0.4, -0.2) is 57.9 Å². The Hall–Kier alpha value is -3.46. The van der Waals surface area contributed by atoms with Crippen LogP contribution < -0.4 is 15.6 Å². The minimum atomic E-state index is -0.250.